The van der Waals surface area contributed by atoms with Crippen LogP contribution in [0.25, 0.3) is 0 Å². The molecule has 3 rings (SSSR count). The van der Waals surface area contributed by atoms with E-state index in [4.69, 9.17) is 0 Å². The molecular formula is C17H21F3N2O. The molecule has 0 saturated carbocycles. The standard InChI is InChI=1S/C17H21F3N2O/c1-12-16(23)22-7-3-6-15(22)11-21(12)10-14-5-2-4-13(8-14)9-17(18,19)20/h2,4-5,8,12,15H,3,6-7,9-11H2,1H3/t12-,15+/m1/s1. The molecule has 0 N–H and O–H groups in total. The van der Waals surface area contributed by atoms with E-state index in [9.17, 15) is 18.0 Å². The van der Waals surface area contributed by atoms with Gasteiger partial charge in [-0.15, -0.1) is 0 Å². The van der Waals surface area contributed by atoms with E-state index >= 15 is 0 Å². The number of rotatable bonds is 3. The van der Waals surface area contributed by atoms with Crippen LogP contribution in [0.5, 0.6) is 0 Å². The Balaban J connectivity index is 1.71. The second-order valence-corrected chi connectivity index (χ2v) is 6.55. The Hall–Kier alpha value is -1.56. The van der Waals surface area contributed by atoms with Crippen LogP contribution < -0.4 is 0 Å². The molecule has 1 amide bonds. The van der Waals surface area contributed by atoms with Crippen molar-refractivity contribution in [1.82, 2.24) is 9.80 Å². The summed E-state index contributed by atoms with van der Waals surface area (Å²) in [4.78, 5) is 16.4. The van der Waals surface area contributed by atoms with Crippen LogP contribution in [0.4, 0.5) is 13.2 Å². The molecule has 6 heteroatoms. The first kappa shape index (κ1) is 16.3. The molecule has 2 atom stereocenters. The van der Waals surface area contributed by atoms with Crippen molar-refractivity contribution in [3.63, 3.8) is 0 Å². The van der Waals surface area contributed by atoms with Gasteiger partial charge in [0.2, 0.25) is 5.91 Å². The largest absolute Gasteiger partial charge is 0.393 e. The first-order valence-corrected chi connectivity index (χ1v) is 8.02. The zero-order chi connectivity index (χ0) is 16.6. The molecule has 1 aromatic carbocycles. The summed E-state index contributed by atoms with van der Waals surface area (Å²) in [6.07, 6.45) is -3.05. The van der Waals surface area contributed by atoms with E-state index in [1.807, 2.05) is 17.9 Å². The van der Waals surface area contributed by atoms with Crippen molar-refractivity contribution in [1.29, 1.82) is 0 Å². The van der Waals surface area contributed by atoms with Gasteiger partial charge < -0.3 is 4.90 Å². The van der Waals surface area contributed by atoms with Crippen molar-refractivity contribution in [2.24, 2.45) is 0 Å². The number of piperazine rings is 1. The second-order valence-electron chi connectivity index (χ2n) is 6.55. The summed E-state index contributed by atoms with van der Waals surface area (Å²) >= 11 is 0. The molecule has 2 heterocycles. The van der Waals surface area contributed by atoms with Crippen LogP contribution >= 0.6 is 0 Å². The molecule has 3 nitrogen and oxygen atoms in total. The van der Waals surface area contributed by atoms with Crippen molar-refractivity contribution in [2.75, 3.05) is 13.1 Å². The average molecular weight is 326 g/mol. The maximum absolute atomic E-state index is 12.5. The number of halogens is 3. The van der Waals surface area contributed by atoms with E-state index in [1.165, 1.54) is 6.07 Å². The first-order chi connectivity index (χ1) is 10.8. The maximum Gasteiger partial charge on any atom is 0.393 e. The Morgan fingerprint density at radius 2 is 2.00 bits per heavy atom. The fourth-order valence-electron chi connectivity index (χ4n) is 3.65. The Bertz CT molecular complexity index is 587. The van der Waals surface area contributed by atoms with Crippen LogP contribution in [0.1, 0.15) is 30.9 Å². The number of alkyl halides is 3. The minimum atomic E-state index is -4.20. The second kappa shape index (κ2) is 6.15. The zero-order valence-electron chi connectivity index (χ0n) is 13.1. The number of carbonyl (C=O) groups is 1. The quantitative estimate of drug-likeness (QED) is 0.852. The van der Waals surface area contributed by atoms with Gasteiger partial charge in [-0.2, -0.15) is 13.2 Å². The van der Waals surface area contributed by atoms with Gasteiger partial charge in [-0.1, -0.05) is 24.3 Å². The lowest BCUT2D eigenvalue weighted by Crippen LogP contribution is -2.58. The topological polar surface area (TPSA) is 23.6 Å². The van der Waals surface area contributed by atoms with Crippen molar-refractivity contribution < 1.29 is 18.0 Å². The van der Waals surface area contributed by atoms with Crippen LogP contribution in [-0.4, -0.2) is 47.1 Å². The summed E-state index contributed by atoms with van der Waals surface area (Å²) < 4.78 is 37.6. The van der Waals surface area contributed by atoms with Gasteiger partial charge in [-0.25, -0.2) is 0 Å². The van der Waals surface area contributed by atoms with E-state index in [2.05, 4.69) is 4.90 Å². The Kier molecular flexibility index (Phi) is 4.36. The molecule has 0 aromatic heterocycles. The molecule has 0 bridgehead atoms. The number of fused-ring (bicyclic) bond motifs is 1. The average Bonchev–Trinajstić information content (AvgIpc) is 2.91. The Morgan fingerprint density at radius 1 is 1.26 bits per heavy atom. The highest BCUT2D eigenvalue weighted by Gasteiger charge is 2.40. The molecule has 23 heavy (non-hydrogen) atoms. The molecule has 0 aliphatic carbocycles. The van der Waals surface area contributed by atoms with Crippen molar-refractivity contribution in [3.05, 3.63) is 35.4 Å². The van der Waals surface area contributed by atoms with Gasteiger partial charge in [0.05, 0.1) is 12.5 Å². The molecular weight excluding hydrogens is 305 g/mol. The number of hydrogen-bond donors (Lipinski definition) is 0. The molecule has 2 aliphatic heterocycles. The summed E-state index contributed by atoms with van der Waals surface area (Å²) in [5.74, 6) is 0.144. The number of carbonyl (C=O) groups excluding carboxylic acids is 1. The summed E-state index contributed by atoms with van der Waals surface area (Å²) in [6, 6.07) is 6.65. The van der Waals surface area contributed by atoms with Gasteiger partial charge in [-0.05, 0) is 30.9 Å². The number of amides is 1. The van der Waals surface area contributed by atoms with Crippen LogP contribution in [0.3, 0.4) is 0 Å². The Morgan fingerprint density at radius 3 is 2.74 bits per heavy atom. The molecule has 0 radical (unpaired) electrons. The third-order valence-corrected chi connectivity index (χ3v) is 4.79. The third-order valence-electron chi connectivity index (χ3n) is 4.79. The van der Waals surface area contributed by atoms with E-state index in [1.54, 1.807) is 12.1 Å². The zero-order valence-corrected chi connectivity index (χ0v) is 13.1. The lowest BCUT2D eigenvalue weighted by Gasteiger charge is -2.41. The fraction of sp³-hybridized carbons (Fsp3) is 0.588. The molecule has 2 fully saturated rings. The number of benzene rings is 1. The van der Waals surface area contributed by atoms with E-state index in [0.717, 1.165) is 31.5 Å². The summed E-state index contributed by atoms with van der Waals surface area (Å²) in [5.41, 5.74) is 1.10. The minimum Gasteiger partial charge on any atom is -0.337 e. The highest BCUT2D eigenvalue weighted by molar-refractivity contribution is 5.83. The van der Waals surface area contributed by atoms with Crippen LogP contribution in [-0.2, 0) is 17.8 Å². The highest BCUT2D eigenvalue weighted by atomic mass is 19.4. The van der Waals surface area contributed by atoms with Crippen molar-refractivity contribution in [2.45, 2.75) is 51.0 Å². The van der Waals surface area contributed by atoms with Crippen molar-refractivity contribution >= 4 is 5.91 Å². The molecule has 0 unspecified atom stereocenters. The lowest BCUT2D eigenvalue weighted by molar-refractivity contribution is -0.143. The van der Waals surface area contributed by atoms with Crippen molar-refractivity contribution in [3.8, 4) is 0 Å². The maximum atomic E-state index is 12.5. The van der Waals surface area contributed by atoms with Gasteiger partial charge in [0.1, 0.15) is 0 Å². The smallest absolute Gasteiger partial charge is 0.337 e. The van der Waals surface area contributed by atoms with Crippen LogP contribution in [0.2, 0.25) is 0 Å². The summed E-state index contributed by atoms with van der Waals surface area (Å²) in [5, 5.41) is 0. The monoisotopic (exact) mass is 326 g/mol. The van der Waals surface area contributed by atoms with Gasteiger partial charge in [0.25, 0.3) is 0 Å². The molecule has 2 saturated heterocycles. The van der Waals surface area contributed by atoms with E-state index in [-0.39, 0.29) is 23.6 Å². The van der Waals surface area contributed by atoms with E-state index < -0.39 is 12.6 Å². The SMILES string of the molecule is C[C@@H]1C(=O)N2CCC[C@H]2CN1Cc1cccc(CC(F)(F)F)c1. The van der Waals surface area contributed by atoms with Crippen LogP contribution in [0, 0.1) is 0 Å². The predicted octanol–water partition coefficient (Wildman–Crippen LogP) is 2.99. The first-order valence-electron chi connectivity index (χ1n) is 8.02. The van der Waals surface area contributed by atoms with Gasteiger partial charge in [-0.3, -0.25) is 9.69 Å². The van der Waals surface area contributed by atoms with E-state index in [0.29, 0.717) is 6.54 Å². The molecule has 1 aromatic rings. The normalized spacial score (nSPS) is 25.7. The molecule has 0 spiro atoms. The minimum absolute atomic E-state index is 0.144. The fourth-order valence-corrected chi connectivity index (χ4v) is 3.65. The number of hydrogen-bond acceptors (Lipinski definition) is 2. The predicted molar refractivity (Wildman–Crippen MR) is 80.8 cm³/mol. The highest BCUT2D eigenvalue weighted by Crippen LogP contribution is 2.27. The summed E-state index contributed by atoms with van der Waals surface area (Å²) in [7, 11) is 0. The van der Waals surface area contributed by atoms with Gasteiger partial charge >= 0.3 is 6.18 Å². The summed E-state index contributed by atoms with van der Waals surface area (Å²) in [6.45, 7) is 4.04. The molecule has 2 aliphatic rings. The Labute approximate surface area is 134 Å². The lowest BCUT2D eigenvalue weighted by atomic mass is 10.0. The third kappa shape index (κ3) is 3.68. The molecule has 126 valence electrons. The number of nitrogens with zero attached hydrogens (tertiary/aromatic N) is 2. The van der Waals surface area contributed by atoms with Gasteiger partial charge in [0.15, 0.2) is 0 Å². The van der Waals surface area contributed by atoms with Gasteiger partial charge in [0, 0.05) is 25.7 Å². The van der Waals surface area contributed by atoms with Crippen LogP contribution in [0.15, 0.2) is 24.3 Å².